The van der Waals surface area contributed by atoms with Gasteiger partial charge in [-0.2, -0.15) is 5.26 Å². The smallest absolute Gasteiger partial charge is 0.307 e. The first-order valence-corrected chi connectivity index (χ1v) is 10.6. The molecule has 2 aliphatic carbocycles. The maximum Gasteiger partial charge on any atom is 0.307 e. The van der Waals surface area contributed by atoms with E-state index < -0.39 is 11.8 Å². The zero-order valence-corrected chi connectivity index (χ0v) is 16.4. The molecule has 0 bridgehead atoms. The van der Waals surface area contributed by atoms with Crippen LogP contribution in [-0.2, 0) is 4.79 Å². The predicted molar refractivity (Wildman–Crippen MR) is 107 cm³/mol. The van der Waals surface area contributed by atoms with Crippen LogP contribution in [0.2, 0.25) is 0 Å². The Labute approximate surface area is 167 Å². The number of carboxylic acids is 1. The van der Waals surface area contributed by atoms with E-state index in [0.717, 1.165) is 56.9 Å². The molecule has 0 aliphatic heterocycles. The van der Waals surface area contributed by atoms with Gasteiger partial charge in [-0.3, -0.25) is 4.79 Å². The third-order valence-electron chi connectivity index (χ3n) is 7.15. The number of hydrogen-bond acceptors (Lipinski definition) is 2. The summed E-state index contributed by atoms with van der Waals surface area (Å²) >= 11 is 0. The highest BCUT2D eigenvalue weighted by atomic mass is 19.1. The summed E-state index contributed by atoms with van der Waals surface area (Å²) in [6, 6.07) is 6.93. The van der Waals surface area contributed by atoms with Gasteiger partial charge in [0, 0.05) is 0 Å². The molecule has 0 spiro atoms. The van der Waals surface area contributed by atoms with Crippen molar-refractivity contribution in [1.82, 2.24) is 0 Å². The van der Waals surface area contributed by atoms with E-state index in [4.69, 9.17) is 5.26 Å². The minimum atomic E-state index is -0.682. The molecule has 4 heteroatoms. The van der Waals surface area contributed by atoms with E-state index in [-0.39, 0.29) is 17.4 Å². The number of aliphatic carboxylic acids is 1. The lowest BCUT2D eigenvalue weighted by Crippen LogP contribution is -2.30. The molecule has 1 N–H and O–H groups in total. The molecule has 2 aliphatic rings. The monoisotopic (exact) mass is 383 g/mol. The maximum absolute atomic E-state index is 13.9. The molecule has 150 valence electrons. The summed E-state index contributed by atoms with van der Waals surface area (Å²) in [5.74, 6) is 0.714. The van der Waals surface area contributed by atoms with E-state index in [0.29, 0.717) is 24.2 Å². The predicted octanol–water partition coefficient (Wildman–Crippen LogP) is 6.05. The van der Waals surface area contributed by atoms with Crippen molar-refractivity contribution in [1.29, 1.82) is 5.26 Å². The van der Waals surface area contributed by atoms with Crippen molar-refractivity contribution < 1.29 is 14.3 Å². The van der Waals surface area contributed by atoms with Crippen molar-refractivity contribution in [2.45, 2.75) is 63.7 Å². The molecule has 28 heavy (non-hydrogen) atoms. The molecule has 2 fully saturated rings. The highest BCUT2D eigenvalue weighted by Crippen LogP contribution is 2.45. The molecule has 1 aromatic carbocycles. The van der Waals surface area contributed by atoms with Gasteiger partial charge in [-0.1, -0.05) is 12.1 Å². The van der Waals surface area contributed by atoms with Crippen LogP contribution >= 0.6 is 0 Å². The number of halogens is 1. The number of allylic oxidation sites excluding steroid dienone is 1. The Morgan fingerprint density at radius 1 is 1.18 bits per heavy atom. The van der Waals surface area contributed by atoms with Crippen molar-refractivity contribution in [3.63, 3.8) is 0 Å². The molecule has 2 saturated carbocycles. The fourth-order valence-electron chi connectivity index (χ4n) is 5.49. The summed E-state index contributed by atoms with van der Waals surface area (Å²) in [5.41, 5.74) is 1.14. The molecule has 0 aromatic heterocycles. The molecular formula is C24H30FNO2. The van der Waals surface area contributed by atoms with Crippen LogP contribution < -0.4 is 0 Å². The zero-order chi connectivity index (χ0) is 20.1. The van der Waals surface area contributed by atoms with E-state index in [1.54, 1.807) is 18.2 Å². The molecule has 3 nitrogen and oxygen atoms in total. The minimum absolute atomic E-state index is 0.116. The van der Waals surface area contributed by atoms with Gasteiger partial charge in [0.15, 0.2) is 0 Å². The van der Waals surface area contributed by atoms with Gasteiger partial charge < -0.3 is 5.11 Å². The Balaban J connectivity index is 1.51. The Morgan fingerprint density at radius 3 is 2.29 bits per heavy atom. The Kier molecular flexibility index (Phi) is 6.88. The number of rotatable bonds is 6. The first kappa shape index (κ1) is 20.6. The van der Waals surface area contributed by atoms with Crippen molar-refractivity contribution >= 4 is 5.97 Å². The van der Waals surface area contributed by atoms with Crippen LogP contribution in [0.5, 0.6) is 0 Å². The first-order chi connectivity index (χ1) is 13.5. The fraction of sp³-hybridized carbons (Fsp3) is 0.583. The second-order valence-electron chi connectivity index (χ2n) is 8.61. The number of carbonyl (C=O) groups is 1. The second kappa shape index (κ2) is 9.37. The van der Waals surface area contributed by atoms with E-state index in [9.17, 15) is 14.3 Å². The van der Waals surface area contributed by atoms with Gasteiger partial charge in [-0.15, -0.1) is 6.58 Å². The van der Waals surface area contributed by atoms with Crippen molar-refractivity contribution in [3.8, 4) is 6.07 Å². The minimum Gasteiger partial charge on any atom is -0.481 e. The summed E-state index contributed by atoms with van der Waals surface area (Å²) in [7, 11) is 0. The molecular weight excluding hydrogens is 353 g/mol. The van der Waals surface area contributed by atoms with Crippen LogP contribution in [0.25, 0.3) is 0 Å². The SMILES string of the molecule is C=CCC(C(=O)O)C1CCC([C@H]2CC[C@H](c3ccc(C#N)c(F)c3)CC2)CC1. The number of hydrogen-bond donors (Lipinski definition) is 1. The van der Waals surface area contributed by atoms with Crippen LogP contribution in [0.4, 0.5) is 4.39 Å². The summed E-state index contributed by atoms with van der Waals surface area (Å²) in [6.07, 6.45) is 11.1. The van der Waals surface area contributed by atoms with Gasteiger partial charge in [0.1, 0.15) is 11.9 Å². The number of nitrogens with zero attached hydrogens (tertiary/aromatic N) is 1. The Bertz CT molecular complexity index is 737. The largest absolute Gasteiger partial charge is 0.481 e. The molecule has 3 rings (SSSR count). The van der Waals surface area contributed by atoms with Gasteiger partial charge in [-0.25, -0.2) is 4.39 Å². The molecule has 0 radical (unpaired) electrons. The third-order valence-corrected chi connectivity index (χ3v) is 7.15. The third kappa shape index (κ3) is 4.63. The number of nitriles is 1. The standard InChI is InChI=1S/C24H30FNO2/c1-2-3-22(24(27)28)19-10-8-17(9-11-19)16-4-6-18(7-5-16)20-12-13-21(15-26)23(25)14-20/h2,12-14,16-19,22H,1,3-11H2,(H,27,28)/t16-,17?,18-,19?,22?. The zero-order valence-electron chi connectivity index (χ0n) is 16.4. The fourth-order valence-corrected chi connectivity index (χ4v) is 5.49. The topological polar surface area (TPSA) is 61.1 Å². The Morgan fingerprint density at radius 2 is 1.79 bits per heavy atom. The first-order valence-electron chi connectivity index (χ1n) is 10.6. The molecule has 0 saturated heterocycles. The average molecular weight is 384 g/mol. The Hall–Kier alpha value is -2.15. The molecule has 0 heterocycles. The van der Waals surface area contributed by atoms with Crippen molar-refractivity contribution in [2.24, 2.45) is 23.7 Å². The van der Waals surface area contributed by atoms with Gasteiger partial charge in [-0.05, 0) is 99.2 Å². The van der Waals surface area contributed by atoms with Gasteiger partial charge >= 0.3 is 5.97 Å². The van der Waals surface area contributed by atoms with Crippen LogP contribution in [-0.4, -0.2) is 11.1 Å². The normalized spacial score (nSPS) is 28.9. The maximum atomic E-state index is 13.9. The van der Waals surface area contributed by atoms with Crippen molar-refractivity contribution in [2.75, 3.05) is 0 Å². The lowest BCUT2D eigenvalue weighted by molar-refractivity contribution is -0.144. The average Bonchev–Trinajstić information content (AvgIpc) is 2.72. The van der Waals surface area contributed by atoms with E-state index in [1.165, 1.54) is 0 Å². The summed E-state index contributed by atoms with van der Waals surface area (Å²) in [5, 5.41) is 18.4. The van der Waals surface area contributed by atoms with Crippen LogP contribution in [0.1, 0.15) is 74.8 Å². The van der Waals surface area contributed by atoms with Crippen LogP contribution in [0, 0.1) is 40.8 Å². The molecule has 1 atom stereocenters. The number of carboxylic acid groups (broad SMARTS) is 1. The molecule has 1 aromatic rings. The summed E-state index contributed by atoms with van der Waals surface area (Å²) < 4.78 is 13.9. The van der Waals surface area contributed by atoms with E-state index >= 15 is 0 Å². The quantitative estimate of drug-likeness (QED) is 0.608. The summed E-state index contributed by atoms with van der Waals surface area (Å²) in [6.45, 7) is 3.71. The number of benzene rings is 1. The lowest BCUT2D eigenvalue weighted by atomic mass is 9.66. The highest BCUT2D eigenvalue weighted by molar-refractivity contribution is 5.70. The van der Waals surface area contributed by atoms with E-state index in [2.05, 4.69) is 6.58 Å². The second-order valence-corrected chi connectivity index (χ2v) is 8.61. The van der Waals surface area contributed by atoms with Gasteiger partial charge in [0.05, 0.1) is 11.5 Å². The molecule has 1 unspecified atom stereocenters. The van der Waals surface area contributed by atoms with Crippen LogP contribution in [0.15, 0.2) is 30.9 Å². The molecule has 0 amide bonds. The van der Waals surface area contributed by atoms with Crippen LogP contribution in [0.3, 0.4) is 0 Å². The van der Waals surface area contributed by atoms with Gasteiger partial charge in [0.25, 0.3) is 0 Å². The van der Waals surface area contributed by atoms with Crippen molar-refractivity contribution in [3.05, 3.63) is 47.8 Å². The van der Waals surface area contributed by atoms with E-state index in [1.807, 2.05) is 12.1 Å². The summed E-state index contributed by atoms with van der Waals surface area (Å²) in [4.78, 5) is 11.5. The highest BCUT2D eigenvalue weighted by Gasteiger charge is 2.35. The van der Waals surface area contributed by atoms with Gasteiger partial charge in [0.2, 0.25) is 0 Å². The lowest BCUT2D eigenvalue weighted by Gasteiger charge is -2.39.